The molecule has 2 aromatic carbocycles. The van der Waals surface area contributed by atoms with Gasteiger partial charge in [0.15, 0.2) is 5.78 Å². The summed E-state index contributed by atoms with van der Waals surface area (Å²) in [4.78, 5) is 21.5. The first-order valence-electron chi connectivity index (χ1n) is 11.9. The molecule has 0 N–H and O–H groups in total. The molecular formula is C26H23F4N3O4S. The van der Waals surface area contributed by atoms with Crippen molar-refractivity contribution in [2.45, 2.75) is 42.4 Å². The number of hydrogen-bond acceptors (Lipinski definition) is 6. The van der Waals surface area contributed by atoms with E-state index in [9.17, 15) is 30.8 Å². The highest BCUT2D eigenvalue weighted by Gasteiger charge is 2.52. The summed E-state index contributed by atoms with van der Waals surface area (Å²) in [5, 5.41) is 0. The van der Waals surface area contributed by atoms with Gasteiger partial charge in [-0.3, -0.25) is 4.79 Å². The third kappa shape index (κ3) is 5.20. The van der Waals surface area contributed by atoms with Gasteiger partial charge in [-0.15, -0.1) is 0 Å². The number of hydrogen-bond donors (Lipinski definition) is 0. The van der Waals surface area contributed by atoms with Crippen LogP contribution in [0.5, 0.6) is 0 Å². The van der Waals surface area contributed by atoms with Crippen LogP contribution in [0.25, 0.3) is 11.3 Å². The topological polar surface area (TPSA) is 89.5 Å². The normalized spacial score (nSPS) is 21.9. The highest BCUT2D eigenvalue weighted by Crippen LogP contribution is 2.39. The summed E-state index contributed by atoms with van der Waals surface area (Å²) >= 11 is 0. The molecule has 3 heterocycles. The maximum Gasteiger partial charge on any atom is 0.416 e. The number of ether oxygens (including phenoxy) is 1. The van der Waals surface area contributed by atoms with Gasteiger partial charge in [0.1, 0.15) is 12.1 Å². The Hall–Kier alpha value is -3.22. The molecule has 0 spiro atoms. The fraction of sp³-hybridized carbons (Fsp3) is 0.346. The molecule has 2 aliphatic rings. The Bertz CT molecular complexity index is 1430. The van der Waals surface area contributed by atoms with Gasteiger partial charge in [0.25, 0.3) is 0 Å². The monoisotopic (exact) mass is 549 g/mol. The van der Waals surface area contributed by atoms with Gasteiger partial charge in [-0.2, -0.15) is 17.5 Å². The summed E-state index contributed by atoms with van der Waals surface area (Å²) < 4.78 is 85.6. The molecule has 2 aliphatic heterocycles. The van der Waals surface area contributed by atoms with Crippen LogP contribution in [0.3, 0.4) is 0 Å². The third-order valence-corrected chi connectivity index (χ3v) is 8.89. The van der Waals surface area contributed by atoms with Gasteiger partial charge in [-0.25, -0.2) is 22.8 Å². The summed E-state index contributed by atoms with van der Waals surface area (Å²) in [6, 6.07) is 9.28. The molecule has 2 saturated heterocycles. The fourth-order valence-electron chi connectivity index (χ4n) is 5.00. The zero-order chi connectivity index (χ0) is 27.1. The van der Waals surface area contributed by atoms with Gasteiger partial charge in [0.2, 0.25) is 10.0 Å². The molecule has 0 saturated carbocycles. The van der Waals surface area contributed by atoms with Crippen molar-refractivity contribution in [3.63, 3.8) is 0 Å². The van der Waals surface area contributed by atoms with E-state index in [0.29, 0.717) is 30.0 Å². The smallest absolute Gasteiger partial charge is 0.379 e. The van der Waals surface area contributed by atoms with Crippen LogP contribution in [0.1, 0.15) is 24.1 Å². The first-order valence-corrected chi connectivity index (χ1v) is 13.4. The fourth-order valence-corrected chi connectivity index (χ4v) is 6.85. The van der Waals surface area contributed by atoms with Crippen molar-refractivity contribution in [2.24, 2.45) is 5.92 Å². The average molecular weight is 550 g/mol. The predicted molar refractivity (Wildman–Crippen MR) is 128 cm³/mol. The number of carbonyl (C=O) groups is 1. The van der Waals surface area contributed by atoms with Crippen LogP contribution in [-0.2, 0) is 32.2 Å². The molecule has 0 amide bonds. The maximum absolute atomic E-state index is 13.5. The highest BCUT2D eigenvalue weighted by atomic mass is 32.2. The average Bonchev–Trinajstić information content (AvgIpc) is 3.49. The molecule has 38 heavy (non-hydrogen) atoms. The number of nitrogens with zero attached hydrogens (tertiary/aromatic N) is 3. The Morgan fingerprint density at radius 1 is 1.03 bits per heavy atom. The van der Waals surface area contributed by atoms with Gasteiger partial charge < -0.3 is 4.74 Å². The van der Waals surface area contributed by atoms with Crippen LogP contribution in [-0.4, -0.2) is 53.8 Å². The maximum atomic E-state index is 13.5. The summed E-state index contributed by atoms with van der Waals surface area (Å²) in [5.41, 5.74) is 0.600. The van der Waals surface area contributed by atoms with E-state index >= 15 is 0 Å². The zero-order valence-electron chi connectivity index (χ0n) is 19.9. The van der Waals surface area contributed by atoms with E-state index in [1.807, 2.05) is 0 Å². The number of fused-ring (bicyclic) bond motifs is 1. The number of ketones is 1. The lowest BCUT2D eigenvalue weighted by Gasteiger charge is -2.27. The van der Waals surface area contributed by atoms with Gasteiger partial charge >= 0.3 is 6.18 Å². The molecule has 0 aliphatic carbocycles. The molecular weight excluding hydrogens is 526 g/mol. The molecule has 3 aromatic rings. The second-order valence-corrected chi connectivity index (χ2v) is 11.2. The van der Waals surface area contributed by atoms with E-state index in [4.69, 9.17) is 4.74 Å². The number of alkyl halides is 3. The molecule has 12 heteroatoms. The standard InChI is InChI=1S/C26H23F4N3O4S/c27-19-5-8-21(9-6-19)38(35,36)33-23(11-17-13-37-14-24(17)33)25(34)10-7-20-12-22(32-15-31-20)16-1-3-18(4-2-16)26(28,29)30/h1-6,8-9,12,15,17,23-24H,7,10-11,13-14H2/t17-,23+,24+/m1/s1. The lowest BCUT2D eigenvalue weighted by atomic mass is 9.99. The number of rotatable bonds is 7. The van der Waals surface area contributed by atoms with E-state index in [-0.39, 0.29) is 36.0 Å². The van der Waals surface area contributed by atoms with Crippen LogP contribution in [0.2, 0.25) is 0 Å². The summed E-state index contributed by atoms with van der Waals surface area (Å²) in [7, 11) is -4.08. The number of carbonyl (C=O) groups excluding carboxylic acids is 1. The van der Waals surface area contributed by atoms with Crippen molar-refractivity contribution >= 4 is 15.8 Å². The molecule has 200 valence electrons. The minimum absolute atomic E-state index is 0.00384. The van der Waals surface area contributed by atoms with Gasteiger partial charge in [-0.1, -0.05) is 12.1 Å². The number of sulfonamides is 1. The number of benzene rings is 2. The number of aryl methyl sites for hydroxylation is 1. The summed E-state index contributed by atoms with van der Waals surface area (Å²) in [6.45, 7) is 0.531. The van der Waals surface area contributed by atoms with E-state index in [1.54, 1.807) is 6.07 Å². The van der Waals surface area contributed by atoms with Crippen molar-refractivity contribution in [3.8, 4) is 11.3 Å². The van der Waals surface area contributed by atoms with E-state index in [2.05, 4.69) is 9.97 Å². The Morgan fingerprint density at radius 2 is 1.74 bits per heavy atom. The van der Waals surface area contributed by atoms with E-state index in [1.165, 1.54) is 34.9 Å². The van der Waals surface area contributed by atoms with E-state index < -0.39 is 39.7 Å². The minimum Gasteiger partial charge on any atom is -0.379 e. The minimum atomic E-state index is -4.45. The Labute approximate surface area is 216 Å². The van der Waals surface area contributed by atoms with Crippen LogP contribution in [0.15, 0.2) is 65.8 Å². The quantitative estimate of drug-likeness (QED) is 0.409. The lowest BCUT2D eigenvalue weighted by Crippen LogP contribution is -2.46. The predicted octanol–water partition coefficient (Wildman–Crippen LogP) is 4.28. The highest BCUT2D eigenvalue weighted by molar-refractivity contribution is 7.89. The van der Waals surface area contributed by atoms with Crippen molar-refractivity contribution in [2.75, 3.05) is 13.2 Å². The molecule has 7 nitrogen and oxygen atoms in total. The molecule has 3 atom stereocenters. The Balaban J connectivity index is 1.32. The van der Waals surface area contributed by atoms with Gasteiger partial charge in [0, 0.05) is 23.6 Å². The van der Waals surface area contributed by atoms with Crippen LogP contribution in [0, 0.1) is 11.7 Å². The molecule has 2 fully saturated rings. The number of aromatic nitrogens is 2. The SMILES string of the molecule is O=C(CCc1cc(-c2ccc(C(F)(F)F)cc2)ncn1)[C@@H]1C[C@@H]2COC[C@@H]2N1S(=O)(=O)c1ccc(F)cc1. The van der Waals surface area contributed by atoms with Crippen molar-refractivity contribution in [3.05, 3.63) is 78.0 Å². The van der Waals surface area contributed by atoms with Gasteiger partial charge in [0.05, 0.1) is 41.5 Å². The Kier molecular flexibility index (Phi) is 7.05. The second kappa shape index (κ2) is 10.2. The first-order chi connectivity index (χ1) is 18.0. The third-order valence-electron chi connectivity index (χ3n) is 6.94. The lowest BCUT2D eigenvalue weighted by molar-refractivity contribution is -0.137. The van der Waals surface area contributed by atoms with Crippen molar-refractivity contribution in [1.82, 2.24) is 14.3 Å². The zero-order valence-corrected chi connectivity index (χ0v) is 20.8. The largest absolute Gasteiger partial charge is 0.416 e. The van der Waals surface area contributed by atoms with Crippen molar-refractivity contribution < 1.29 is 35.5 Å². The first kappa shape index (κ1) is 26.4. The van der Waals surface area contributed by atoms with Crippen LogP contribution < -0.4 is 0 Å². The van der Waals surface area contributed by atoms with Gasteiger partial charge in [-0.05, 0) is 55.3 Å². The van der Waals surface area contributed by atoms with Crippen LogP contribution >= 0.6 is 0 Å². The Morgan fingerprint density at radius 3 is 2.42 bits per heavy atom. The number of Topliss-reactive ketones (excluding diaryl/α,β-unsaturated/α-hetero) is 1. The molecule has 0 unspecified atom stereocenters. The van der Waals surface area contributed by atoms with Crippen molar-refractivity contribution in [1.29, 1.82) is 0 Å². The van der Waals surface area contributed by atoms with Crippen LogP contribution in [0.4, 0.5) is 17.6 Å². The molecule has 1 aromatic heterocycles. The molecule has 5 rings (SSSR count). The molecule has 0 bridgehead atoms. The summed E-state index contributed by atoms with van der Waals surface area (Å²) in [5.74, 6) is -0.968. The van der Waals surface area contributed by atoms with E-state index in [0.717, 1.165) is 24.3 Å². The summed E-state index contributed by atoms with van der Waals surface area (Å²) in [6.07, 6.45) is -2.65. The molecule has 0 radical (unpaired) electrons. The second-order valence-electron chi connectivity index (χ2n) is 9.34. The number of halogens is 4.